The van der Waals surface area contributed by atoms with Crippen LogP contribution in [0.5, 0.6) is 11.5 Å². The summed E-state index contributed by atoms with van der Waals surface area (Å²) in [5.41, 5.74) is 0.743. The van der Waals surface area contributed by atoms with Gasteiger partial charge in [-0.05, 0) is 24.5 Å². The summed E-state index contributed by atoms with van der Waals surface area (Å²) < 4.78 is 0. The number of Topliss-reactive ketones (excluding diaryl/α,β-unsaturated/α-hetero) is 1. The zero-order valence-corrected chi connectivity index (χ0v) is 16.8. The second-order valence-corrected chi connectivity index (χ2v) is 4.24. The van der Waals surface area contributed by atoms with Crippen LogP contribution >= 0.6 is 0 Å². The molecule has 0 saturated heterocycles. The minimum Gasteiger partial charge on any atom is -0.872 e. The molecule has 0 aromatic heterocycles. The van der Waals surface area contributed by atoms with Gasteiger partial charge < -0.3 is 10.2 Å². The van der Waals surface area contributed by atoms with E-state index in [1.54, 1.807) is 6.08 Å². The van der Waals surface area contributed by atoms with Crippen LogP contribution in [0.2, 0.25) is 0 Å². The Morgan fingerprint density at radius 1 is 1.44 bits per heavy atom. The number of phenolic OH excluding ortho intramolecular Hbond substituents is 1. The third-order valence-corrected chi connectivity index (χ3v) is 2.79. The number of allylic oxidation sites excluding steroid dienone is 4. The van der Waals surface area contributed by atoms with Crippen molar-refractivity contribution in [2.75, 3.05) is 0 Å². The predicted octanol–water partition coefficient (Wildman–Crippen LogP) is -0.825. The van der Waals surface area contributed by atoms with E-state index in [1.807, 2.05) is 12.2 Å². The maximum absolute atomic E-state index is 12.1. The summed E-state index contributed by atoms with van der Waals surface area (Å²) in [5.74, 6) is -0.369. The summed E-state index contributed by atoms with van der Waals surface area (Å²) in [6, 6.07) is 3.71. The Balaban J connectivity index is 0.00000162. The zero-order valence-electron chi connectivity index (χ0n) is 10.5. The molecule has 0 bridgehead atoms. The average Bonchev–Trinajstić information content (AvgIpc) is 2.29. The molecule has 4 heteroatoms. The molecule has 3 nitrogen and oxygen atoms in total. The van der Waals surface area contributed by atoms with Crippen molar-refractivity contribution in [1.29, 1.82) is 0 Å². The molecule has 0 spiro atoms. The maximum atomic E-state index is 12.1. The topological polar surface area (TPSA) is 60.4 Å². The number of rotatable bonds is 2. The molecule has 0 aliphatic heterocycles. The van der Waals surface area contributed by atoms with Gasteiger partial charge in [0.2, 0.25) is 0 Å². The molecule has 1 aromatic rings. The molecule has 1 N–H and O–H groups in total. The fraction of sp³-hybridized carbons (Fsp3) is 0.214. The van der Waals surface area contributed by atoms with E-state index in [0.717, 1.165) is 12.5 Å². The standard InChI is InChI=1S/C14H14O3.Cs/c1-9-2-4-10(5-3-9)14(17)12-7-6-11(15)8-13(12)16;/h2,4-9,15-16H,3H2,1H3;/q;+1/p-1. The van der Waals surface area contributed by atoms with Gasteiger partial charge in [-0.2, -0.15) is 0 Å². The number of carbonyl (C=O) groups excluding carboxylic acids is 1. The van der Waals surface area contributed by atoms with Gasteiger partial charge in [0.1, 0.15) is 5.75 Å². The van der Waals surface area contributed by atoms with Crippen LogP contribution in [-0.2, 0) is 0 Å². The SMILES string of the molecule is CC1C=CC(C(=O)c2ccc([O-])cc2O)=CC1.[Cs+]. The van der Waals surface area contributed by atoms with Crippen molar-refractivity contribution >= 4 is 5.78 Å². The van der Waals surface area contributed by atoms with Crippen LogP contribution in [0, 0.1) is 5.92 Å². The van der Waals surface area contributed by atoms with E-state index in [9.17, 15) is 15.0 Å². The normalized spacial score (nSPS) is 17.8. The van der Waals surface area contributed by atoms with Crippen molar-refractivity contribution < 1.29 is 83.9 Å². The Bertz CT molecular complexity index is 518. The summed E-state index contributed by atoms with van der Waals surface area (Å²) in [7, 11) is 0. The first-order valence-corrected chi connectivity index (χ1v) is 5.51. The van der Waals surface area contributed by atoms with Gasteiger partial charge >= 0.3 is 68.9 Å². The Morgan fingerprint density at radius 2 is 2.17 bits per heavy atom. The Hall–Kier alpha value is 0.0219. The third-order valence-electron chi connectivity index (χ3n) is 2.79. The number of phenols is 1. The van der Waals surface area contributed by atoms with Crippen LogP contribution < -0.4 is 74.0 Å². The summed E-state index contributed by atoms with van der Waals surface area (Å²) >= 11 is 0. The average molecular weight is 362 g/mol. The second kappa shape index (κ2) is 6.98. The largest absolute Gasteiger partial charge is 1.00 e. The van der Waals surface area contributed by atoms with Crippen LogP contribution in [0.15, 0.2) is 42.0 Å². The molecule has 0 fully saturated rings. The molecule has 18 heavy (non-hydrogen) atoms. The molecule has 2 rings (SSSR count). The molecule has 1 aliphatic carbocycles. The number of hydrogen-bond donors (Lipinski definition) is 1. The van der Waals surface area contributed by atoms with Gasteiger partial charge in [-0.25, -0.2) is 0 Å². The van der Waals surface area contributed by atoms with E-state index in [2.05, 4.69) is 6.92 Å². The van der Waals surface area contributed by atoms with Gasteiger partial charge in [0.25, 0.3) is 0 Å². The van der Waals surface area contributed by atoms with Gasteiger partial charge in [-0.3, -0.25) is 4.79 Å². The van der Waals surface area contributed by atoms with Crippen LogP contribution in [0.3, 0.4) is 0 Å². The van der Waals surface area contributed by atoms with E-state index in [1.165, 1.54) is 12.1 Å². The predicted molar refractivity (Wildman–Crippen MR) is 62.9 cm³/mol. The van der Waals surface area contributed by atoms with E-state index in [0.29, 0.717) is 11.5 Å². The Morgan fingerprint density at radius 3 is 2.72 bits per heavy atom. The molecule has 1 aliphatic rings. The molecule has 0 amide bonds. The van der Waals surface area contributed by atoms with Crippen molar-refractivity contribution in [1.82, 2.24) is 0 Å². The van der Waals surface area contributed by atoms with E-state index < -0.39 is 0 Å². The molecular weight excluding hydrogens is 349 g/mol. The summed E-state index contributed by atoms with van der Waals surface area (Å²) in [6.45, 7) is 2.07. The molecule has 1 aromatic carbocycles. The van der Waals surface area contributed by atoms with E-state index >= 15 is 0 Å². The first-order chi connectivity index (χ1) is 8.08. The molecule has 1 unspecified atom stereocenters. The molecule has 0 heterocycles. The van der Waals surface area contributed by atoms with Crippen LogP contribution in [-0.4, -0.2) is 10.9 Å². The quantitative estimate of drug-likeness (QED) is 0.700. The van der Waals surface area contributed by atoms with Gasteiger partial charge in [0.05, 0.1) is 5.56 Å². The van der Waals surface area contributed by atoms with Crippen molar-refractivity contribution in [2.24, 2.45) is 5.92 Å². The molecule has 1 atom stereocenters. The summed E-state index contributed by atoms with van der Waals surface area (Å²) in [5, 5.41) is 20.6. The number of carbonyl (C=O) groups is 1. The first kappa shape index (κ1) is 16.1. The second-order valence-electron chi connectivity index (χ2n) is 4.24. The fourth-order valence-corrected chi connectivity index (χ4v) is 1.75. The molecule has 0 saturated carbocycles. The van der Waals surface area contributed by atoms with Gasteiger partial charge in [0.15, 0.2) is 5.78 Å². The van der Waals surface area contributed by atoms with Gasteiger partial charge in [0, 0.05) is 5.57 Å². The molecule has 88 valence electrons. The Kier molecular flexibility index (Phi) is 6.23. The van der Waals surface area contributed by atoms with Gasteiger partial charge in [-0.1, -0.05) is 31.2 Å². The molecule has 0 radical (unpaired) electrons. The smallest absolute Gasteiger partial charge is 0.872 e. The van der Waals surface area contributed by atoms with Crippen molar-refractivity contribution in [3.63, 3.8) is 0 Å². The summed E-state index contributed by atoms with van der Waals surface area (Å²) in [4.78, 5) is 12.1. The van der Waals surface area contributed by atoms with Crippen molar-refractivity contribution in [2.45, 2.75) is 13.3 Å². The van der Waals surface area contributed by atoms with Crippen molar-refractivity contribution in [3.8, 4) is 11.5 Å². The van der Waals surface area contributed by atoms with E-state index in [-0.39, 0.29) is 91.7 Å². The number of aromatic hydroxyl groups is 1. The van der Waals surface area contributed by atoms with Crippen LogP contribution in [0.4, 0.5) is 0 Å². The number of hydrogen-bond acceptors (Lipinski definition) is 3. The first-order valence-electron chi connectivity index (χ1n) is 5.51. The van der Waals surface area contributed by atoms with Gasteiger partial charge in [-0.15, -0.1) is 5.75 Å². The minimum atomic E-state index is -0.305. The third kappa shape index (κ3) is 3.76. The minimum absolute atomic E-state index is 0. The summed E-state index contributed by atoms with van der Waals surface area (Å²) in [6.07, 6.45) is 6.41. The number of benzene rings is 1. The maximum Gasteiger partial charge on any atom is 1.00 e. The van der Waals surface area contributed by atoms with E-state index in [4.69, 9.17) is 0 Å². The van der Waals surface area contributed by atoms with Crippen molar-refractivity contribution in [3.05, 3.63) is 47.6 Å². The molecular formula is C14H13CsO3. The number of ketones is 1. The van der Waals surface area contributed by atoms with Crippen LogP contribution in [0.25, 0.3) is 0 Å². The monoisotopic (exact) mass is 362 g/mol. The zero-order chi connectivity index (χ0) is 12.4. The fourth-order valence-electron chi connectivity index (χ4n) is 1.75. The Labute approximate surface area is 165 Å². The van der Waals surface area contributed by atoms with Crippen LogP contribution in [0.1, 0.15) is 23.7 Å².